The van der Waals surface area contributed by atoms with Gasteiger partial charge >= 0.3 is 5.97 Å². The predicted octanol–water partition coefficient (Wildman–Crippen LogP) is 5.83. The Kier molecular flexibility index (Phi) is 6.20. The van der Waals surface area contributed by atoms with Crippen molar-refractivity contribution < 1.29 is 14.3 Å². The number of methoxy groups -OCH3 is 1. The fourth-order valence-electron chi connectivity index (χ4n) is 4.30. The van der Waals surface area contributed by atoms with Crippen molar-refractivity contribution in [3.63, 3.8) is 0 Å². The third-order valence-electron chi connectivity index (χ3n) is 6.13. The van der Waals surface area contributed by atoms with Gasteiger partial charge in [-0.1, -0.05) is 24.3 Å². The zero-order valence-corrected chi connectivity index (χ0v) is 20.9. The van der Waals surface area contributed by atoms with E-state index in [2.05, 4.69) is 30.1 Å². The molecule has 8 heteroatoms. The van der Waals surface area contributed by atoms with Gasteiger partial charge in [0.1, 0.15) is 10.0 Å². The smallest absolute Gasteiger partial charge is 0.338 e. The summed E-state index contributed by atoms with van der Waals surface area (Å²) >= 11 is 3.25. The Morgan fingerprint density at radius 3 is 2.53 bits per heavy atom. The van der Waals surface area contributed by atoms with Gasteiger partial charge < -0.3 is 10.1 Å². The molecule has 2 aromatic heterocycles. The van der Waals surface area contributed by atoms with E-state index >= 15 is 0 Å². The van der Waals surface area contributed by atoms with E-state index in [1.807, 2.05) is 18.2 Å². The van der Waals surface area contributed by atoms with E-state index in [1.54, 1.807) is 46.9 Å². The molecule has 0 aliphatic carbocycles. The normalized spacial score (nSPS) is 13.8. The monoisotopic (exact) mass is 491 g/mol. The van der Waals surface area contributed by atoms with Crippen LogP contribution in [-0.2, 0) is 17.7 Å². The Bertz CT molecular complexity index is 1360. The number of nitrogens with zero attached hydrogens (tertiary/aromatic N) is 2. The topological polar surface area (TPSA) is 71.5 Å². The van der Waals surface area contributed by atoms with E-state index in [9.17, 15) is 9.59 Å². The molecule has 1 N–H and O–H groups in total. The van der Waals surface area contributed by atoms with E-state index in [1.165, 1.54) is 17.6 Å². The molecule has 1 amide bonds. The minimum Gasteiger partial charge on any atom is -0.465 e. The highest BCUT2D eigenvalue weighted by Gasteiger charge is 2.29. The first-order chi connectivity index (χ1) is 16.5. The maximum absolute atomic E-state index is 13.4. The number of carbonyl (C=O) groups excluding carboxylic acids is 2. The first kappa shape index (κ1) is 22.7. The van der Waals surface area contributed by atoms with Gasteiger partial charge in [-0.15, -0.1) is 22.7 Å². The van der Waals surface area contributed by atoms with Crippen LogP contribution in [0.1, 0.15) is 45.0 Å². The minimum atomic E-state index is -0.532. The van der Waals surface area contributed by atoms with Crippen LogP contribution in [0.15, 0.2) is 48.5 Å². The molecule has 0 saturated carbocycles. The first-order valence-electron chi connectivity index (χ1n) is 11.2. The Morgan fingerprint density at radius 1 is 1.06 bits per heavy atom. The van der Waals surface area contributed by atoms with Gasteiger partial charge in [-0.2, -0.15) is 0 Å². The molecule has 174 valence electrons. The number of nitrogens with one attached hydrogen (secondary N) is 1. The number of rotatable bonds is 5. The number of thiophene rings is 1. The molecule has 0 fully saturated rings. The molecule has 1 aliphatic rings. The molecule has 1 aliphatic heterocycles. The van der Waals surface area contributed by atoms with Crippen LogP contribution < -0.4 is 5.32 Å². The van der Waals surface area contributed by atoms with Crippen LogP contribution >= 0.6 is 22.7 Å². The summed E-state index contributed by atoms with van der Waals surface area (Å²) in [4.78, 5) is 34.2. The number of carbonyl (C=O) groups is 2. The predicted molar refractivity (Wildman–Crippen MR) is 138 cm³/mol. The molecule has 2 aromatic carbocycles. The van der Waals surface area contributed by atoms with Crippen molar-refractivity contribution in [3.05, 3.63) is 70.1 Å². The van der Waals surface area contributed by atoms with Crippen LogP contribution in [0.4, 0.5) is 5.00 Å². The van der Waals surface area contributed by atoms with E-state index in [-0.39, 0.29) is 11.5 Å². The van der Waals surface area contributed by atoms with Crippen LogP contribution in [0.25, 0.3) is 20.8 Å². The maximum Gasteiger partial charge on any atom is 0.338 e. The molecule has 4 aromatic rings. The first-order valence-corrected chi connectivity index (χ1v) is 12.8. The van der Waals surface area contributed by atoms with E-state index < -0.39 is 5.97 Å². The molecular weight excluding hydrogens is 466 g/mol. The highest BCUT2D eigenvalue weighted by molar-refractivity contribution is 7.23. The largest absolute Gasteiger partial charge is 0.465 e. The summed E-state index contributed by atoms with van der Waals surface area (Å²) in [6.45, 7) is 6.24. The second kappa shape index (κ2) is 9.29. The summed E-state index contributed by atoms with van der Waals surface area (Å²) in [6, 6.07) is 15.3. The van der Waals surface area contributed by atoms with Crippen molar-refractivity contribution in [2.24, 2.45) is 0 Å². The third kappa shape index (κ3) is 4.13. The van der Waals surface area contributed by atoms with Crippen molar-refractivity contribution in [1.29, 1.82) is 0 Å². The summed E-state index contributed by atoms with van der Waals surface area (Å²) in [6.07, 6.45) is 0.907. The molecular formula is C26H25N3O3S2. The Hall–Kier alpha value is -3.07. The summed E-state index contributed by atoms with van der Waals surface area (Å²) < 4.78 is 5.99. The van der Waals surface area contributed by atoms with Gasteiger partial charge in [0.25, 0.3) is 5.91 Å². The highest BCUT2D eigenvalue weighted by atomic mass is 32.1. The molecule has 6 nitrogen and oxygen atoms in total. The number of anilines is 1. The molecule has 0 unspecified atom stereocenters. The molecule has 0 atom stereocenters. The number of aromatic nitrogens is 1. The Morgan fingerprint density at radius 2 is 1.79 bits per heavy atom. The molecule has 0 bridgehead atoms. The van der Waals surface area contributed by atoms with Gasteiger partial charge in [0, 0.05) is 29.6 Å². The number of para-hydroxylation sites is 1. The van der Waals surface area contributed by atoms with Crippen LogP contribution in [0, 0.1) is 0 Å². The van der Waals surface area contributed by atoms with E-state index in [0.29, 0.717) is 11.6 Å². The van der Waals surface area contributed by atoms with Crippen molar-refractivity contribution in [2.45, 2.75) is 32.9 Å². The van der Waals surface area contributed by atoms with Crippen molar-refractivity contribution in [3.8, 4) is 10.6 Å². The van der Waals surface area contributed by atoms with Crippen LogP contribution in [0.2, 0.25) is 0 Å². The Labute approximate surface area is 206 Å². The van der Waals surface area contributed by atoms with Gasteiger partial charge in [-0.25, -0.2) is 9.78 Å². The lowest BCUT2D eigenvalue weighted by molar-refractivity contribution is 0.0597. The van der Waals surface area contributed by atoms with E-state index in [0.717, 1.165) is 45.3 Å². The average Bonchev–Trinajstić information content (AvgIpc) is 3.43. The zero-order valence-electron chi connectivity index (χ0n) is 19.3. The number of benzene rings is 2. The molecule has 34 heavy (non-hydrogen) atoms. The minimum absolute atomic E-state index is 0.247. The fraction of sp³-hybridized carbons (Fsp3) is 0.269. The van der Waals surface area contributed by atoms with Crippen molar-refractivity contribution in [2.75, 3.05) is 19.0 Å². The van der Waals surface area contributed by atoms with Gasteiger partial charge in [-0.3, -0.25) is 9.69 Å². The van der Waals surface area contributed by atoms with Crippen LogP contribution in [0.3, 0.4) is 0 Å². The lowest BCUT2D eigenvalue weighted by Gasteiger charge is -2.30. The van der Waals surface area contributed by atoms with Gasteiger partial charge in [0.05, 0.1) is 28.5 Å². The average molecular weight is 492 g/mol. The van der Waals surface area contributed by atoms with Crippen molar-refractivity contribution in [1.82, 2.24) is 9.88 Å². The standard InChI is InChI=1S/C26H25N3O3S2/c1-15(2)29-13-12-18-21(14-29)34-25(22(18)24-27-19-10-6-7-11-20(19)33-24)28-23(30)16-8-4-5-9-17(16)26(31)32-3/h4-11,15H,12-14H2,1-3H3,(H,28,30). The number of thiazole rings is 1. The lowest BCUT2D eigenvalue weighted by atomic mass is 10.0. The van der Waals surface area contributed by atoms with Crippen molar-refractivity contribution >= 4 is 49.8 Å². The molecule has 0 radical (unpaired) electrons. The summed E-state index contributed by atoms with van der Waals surface area (Å²) in [5.41, 5.74) is 3.76. The molecule has 5 rings (SSSR count). The van der Waals surface area contributed by atoms with Gasteiger partial charge in [-0.05, 0) is 50.1 Å². The van der Waals surface area contributed by atoms with Crippen LogP contribution in [-0.4, -0.2) is 41.5 Å². The summed E-state index contributed by atoms with van der Waals surface area (Å²) in [5, 5.41) is 4.80. The lowest BCUT2D eigenvalue weighted by Crippen LogP contribution is -2.35. The molecule has 3 heterocycles. The second-order valence-electron chi connectivity index (χ2n) is 8.50. The summed E-state index contributed by atoms with van der Waals surface area (Å²) in [7, 11) is 1.32. The quantitative estimate of drug-likeness (QED) is 0.356. The Balaban J connectivity index is 1.58. The number of fused-ring (bicyclic) bond motifs is 2. The summed E-state index contributed by atoms with van der Waals surface area (Å²) in [5.74, 6) is -0.863. The SMILES string of the molecule is COC(=O)c1ccccc1C(=O)Nc1sc2c(c1-c1nc3ccccc3s1)CCN(C(C)C)C2. The number of ether oxygens (including phenoxy) is 1. The second-order valence-corrected chi connectivity index (χ2v) is 10.6. The number of hydrogen-bond donors (Lipinski definition) is 1. The van der Waals surface area contributed by atoms with Gasteiger partial charge in [0.15, 0.2) is 0 Å². The number of hydrogen-bond acceptors (Lipinski definition) is 7. The molecule has 0 saturated heterocycles. The van der Waals surface area contributed by atoms with E-state index in [4.69, 9.17) is 9.72 Å². The number of amides is 1. The zero-order chi connectivity index (χ0) is 23.8. The number of esters is 1. The third-order valence-corrected chi connectivity index (χ3v) is 8.31. The maximum atomic E-state index is 13.4. The van der Waals surface area contributed by atoms with Gasteiger partial charge in [0.2, 0.25) is 0 Å². The van der Waals surface area contributed by atoms with Crippen LogP contribution in [0.5, 0.6) is 0 Å². The molecule has 0 spiro atoms. The fourth-order valence-corrected chi connectivity index (χ4v) is 6.68. The highest BCUT2D eigenvalue weighted by Crippen LogP contribution is 2.46.